The van der Waals surface area contributed by atoms with Crippen molar-refractivity contribution < 1.29 is 24.2 Å². The Morgan fingerprint density at radius 3 is 2.00 bits per heavy atom. The van der Waals surface area contributed by atoms with Crippen molar-refractivity contribution in [1.29, 1.82) is 0 Å². The number of aliphatic carboxylic acids is 1. The highest BCUT2D eigenvalue weighted by Gasteiger charge is 2.29. The largest absolute Gasteiger partial charge is 0.480 e. The number of ether oxygens (including phenoxy) is 1. The molecule has 0 spiro atoms. The molecule has 0 saturated heterocycles. The molecule has 0 aliphatic carbocycles. The summed E-state index contributed by atoms with van der Waals surface area (Å²) in [5.74, 6) is -1.68. The molecule has 7 nitrogen and oxygen atoms in total. The Morgan fingerprint density at radius 2 is 1.65 bits per heavy atom. The molecular weight excluding hydrogens is 264 g/mol. The Kier molecular flexibility index (Phi) is 7.64. The van der Waals surface area contributed by atoms with E-state index in [4.69, 9.17) is 5.11 Å². The van der Waals surface area contributed by atoms with Gasteiger partial charge in [-0.3, -0.25) is 4.79 Å². The number of carboxylic acid groups (broad SMARTS) is 1. The highest BCUT2D eigenvalue weighted by Crippen LogP contribution is 2.07. The first kappa shape index (κ1) is 18.2. The van der Waals surface area contributed by atoms with Crippen molar-refractivity contribution in [2.45, 2.75) is 46.2 Å². The normalized spacial score (nSPS) is 13.8. The molecule has 2 atom stereocenters. The van der Waals surface area contributed by atoms with E-state index in [9.17, 15) is 14.4 Å². The SMILES string of the molecule is COC(=O)N[C@H](C(=O)N[C@@H](CC(C)C)C(=O)O)C(C)C. The standard InChI is InChI=1S/C13H24N2O5/c1-7(2)6-9(12(17)18)14-11(16)10(8(3)4)15-13(19)20-5/h7-10H,6H2,1-5H3,(H,14,16)(H,15,19)(H,17,18)/t9-,10-/m0/s1. The van der Waals surface area contributed by atoms with Crippen LogP contribution in [-0.2, 0) is 14.3 Å². The summed E-state index contributed by atoms with van der Waals surface area (Å²) in [4.78, 5) is 34.4. The van der Waals surface area contributed by atoms with Gasteiger partial charge in [0, 0.05) is 0 Å². The van der Waals surface area contributed by atoms with Crippen molar-refractivity contribution in [2.75, 3.05) is 7.11 Å². The van der Waals surface area contributed by atoms with Gasteiger partial charge in [0.1, 0.15) is 12.1 Å². The van der Waals surface area contributed by atoms with Crippen LogP contribution in [0.1, 0.15) is 34.1 Å². The minimum Gasteiger partial charge on any atom is -0.480 e. The number of carbonyl (C=O) groups excluding carboxylic acids is 2. The zero-order valence-corrected chi connectivity index (χ0v) is 12.6. The highest BCUT2D eigenvalue weighted by atomic mass is 16.5. The van der Waals surface area contributed by atoms with Crippen LogP contribution in [0.3, 0.4) is 0 Å². The summed E-state index contributed by atoms with van der Waals surface area (Å²) in [5.41, 5.74) is 0. The number of hydrogen-bond donors (Lipinski definition) is 3. The molecule has 0 aromatic carbocycles. The third kappa shape index (κ3) is 6.40. The lowest BCUT2D eigenvalue weighted by molar-refractivity contribution is -0.142. The van der Waals surface area contributed by atoms with Crippen molar-refractivity contribution in [1.82, 2.24) is 10.6 Å². The minimum absolute atomic E-state index is 0.127. The summed E-state index contributed by atoms with van der Waals surface area (Å²) in [6.45, 7) is 7.24. The fourth-order valence-corrected chi connectivity index (χ4v) is 1.68. The second kappa shape index (κ2) is 8.39. The lowest BCUT2D eigenvalue weighted by Gasteiger charge is -2.24. The van der Waals surface area contributed by atoms with Crippen LogP contribution >= 0.6 is 0 Å². The maximum absolute atomic E-state index is 12.1. The molecule has 0 radical (unpaired) electrons. The molecule has 0 unspecified atom stereocenters. The second-order valence-electron chi connectivity index (χ2n) is 5.39. The Bertz CT molecular complexity index is 355. The molecule has 0 saturated carbocycles. The van der Waals surface area contributed by atoms with Crippen LogP contribution < -0.4 is 10.6 Å². The van der Waals surface area contributed by atoms with Gasteiger partial charge in [0.25, 0.3) is 0 Å². The smallest absolute Gasteiger partial charge is 0.407 e. The van der Waals surface area contributed by atoms with Crippen LogP contribution in [0.2, 0.25) is 0 Å². The van der Waals surface area contributed by atoms with Crippen molar-refractivity contribution in [3.8, 4) is 0 Å². The van der Waals surface area contributed by atoms with E-state index in [1.807, 2.05) is 13.8 Å². The van der Waals surface area contributed by atoms with Gasteiger partial charge in [-0.25, -0.2) is 9.59 Å². The van der Waals surface area contributed by atoms with E-state index >= 15 is 0 Å². The van der Waals surface area contributed by atoms with E-state index in [0.717, 1.165) is 0 Å². The van der Waals surface area contributed by atoms with Crippen LogP contribution in [0.5, 0.6) is 0 Å². The molecule has 3 N–H and O–H groups in total. The van der Waals surface area contributed by atoms with Gasteiger partial charge in [-0.2, -0.15) is 0 Å². The number of methoxy groups -OCH3 is 1. The maximum Gasteiger partial charge on any atom is 0.407 e. The molecule has 116 valence electrons. The Labute approximate surface area is 119 Å². The third-order valence-electron chi connectivity index (χ3n) is 2.73. The van der Waals surface area contributed by atoms with Gasteiger partial charge < -0.3 is 20.5 Å². The number of amides is 2. The van der Waals surface area contributed by atoms with Crippen LogP contribution in [0, 0.1) is 11.8 Å². The molecular formula is C13H24N2O5. The van der Waals surface area contributed by atoms with E-state index in [-0.39, 0.29) is 11.8 Å². The van der Waals surface area contributed by atoms with E-state index in [1.54, 1.807) is 13.8 Å². The van der Waals surface area contributed by atoms with Crippen molar-refractivity contribution >= 4 is 18.0 Å². The van der Waals surface area contributed by atoms with Crippen molar-refractivity contribution in [2.24, 2.45) is 11.8 Å². The summed E-state index contributed by atoms with van der Waals surface area (Å²) < 4.78 is 4.45. The third-order valence-corrected chi connectivity index (χ3v) is 2.73. The number of hydrogen-bond acceptors (Lipinski definition) is 4. The number of carboxylic acids is 1. The number of alkyl carbamates (subject to hydrolysis) is 1. The van der Waals surface area contributed by atoms with Crippen molar-refractivity contribution in [3.63, 3.8) is 0 Å². The summed E-state index contributed by atoms with van der Waals surface area (Å²) in [6.07, 6.45) is -0.404. The van der Waals surface area contributed by atoms with E-state index in [0.29, 0.717) is 6.42 Å². The molecule has 0 aromatic heterocycles. The van der Waals surface area contributed by atoms with Gasteiger partial charge in [0.05, 0.1) is 7.11 Å². The molecule has 0 aliphatic rings. The summed E-state index contributed by atoms with van der Waals surface area (Å²) in [5, 5.41) is 13.9. The molecule has 0 heterocycles. The Morgan fingerprint density at radius 1 is 1.10 bits per heavy atom. The first-order valence-corrected chi connectivity index (χ1v) is 6.56. The molecule has 7 heteroatoms. The van der Waals surface area contributed by atoms with Crippen LogP contribution in [0.4, 0.5) is 4.79 Å². The van der Waals surface area contributed by atoms with E-state index in [2.05, 4.69) is 15.4 Å². The average molecular weight is 288 g/mol. The molecule has 20 heavy (non-hydrogen) atoms. The van der Waals surface area contributed by atoms with Gasteiger partial charge >= 0.3 is 12.1 Å². The molecule has 0 aromatic rings. The number of carbonyl (C=O) groups is 3. The first-order chi connectivity index (χ1) is 9.18. The molecule has 0 fully saturated rings. The van der Waals surface area contributed by atoms with Gasteiger partial charge in [-0.1, -0.05) is 27.7 Å². The number of nitrogens with one attached hydrogen (secondary N) is 2. The fraction of sp³-hybridized carbons (Fsp3) is 0.769. The zero-order chi connectivity index (χ0) is 15.9. The molecule has 2 amide bonds. The molecule has 0 bridgehead atoms. The summed E-state index contributed by atoms with van der Waals surface area (Å²) in [6, 6.07) is -1.81. The fourth-order valence-electron chi connectivity index (χ4n) is 1.68. The molecule has 0 rings (SSSR count). The lowest BCUT2D eigenvalue weighted by Crippen LogP contribution is -2.53. The van der Waals surface area contributed by atoms with Crippen LogP contribution in [0.25, 0.3) is 0 Å². The predicted octanol–water partition coefficient (Wildman–Crippen LogP) is 0.982. The quantitative estimate of drug-likeness (QED) is 0.647. The van der Waals surface area contributed by atoms with Crippen LogP contribution in [-0.4, -0.2) is 42.3 Å². The highest BCUT2D eigenvalue weighted by molar-refractivity contribution is 5.89. The molecule has 0 aliphatic heterocycles. The van der Waals surface area contributed by atoms with Gasteiger partial charge in [0.15, 0.2) is 0 Å². The minimum atomic E-state index is -1.09. The van der Waals surface area contributed by atoms with Gasteiger partial charge in [0.2, 0.25) is 5.91 Å². The number of rotatable bonds is 7. The average Bonchev–Trinajstić information content (AvgIpc) is 2.33. The lowest BCUT2D eigenvalue weighted by atomic mass is 10.0. The second-order valence-corrected chi connectivity index (χ2v) is 5.39. The van der Waals surface area contributed by atoms with E-state index < -0.39 is 30.1 Å². The van der Waals surface area contributed by atoms with Crippen LogP contribution in [0.15, 0.2) is 0 Å². The topological polar surface area (TPSA) is 105 Å². The predicted molar refractivity (Wildman–Crippen MR) is 73.2 cm³/mol. The monoisotopic (exact) mass is 288 g/mol. The zero-order valence-electron chi connectivity index (χ0n) is 12.6. The summed E-state index contributed by atoms with van der Waals surface area (Å²) in [7, 11) is 1.20. The van der Waals surface area contributed by atoms with E-state index in [1.165, 1.54) is 7.11 Å². The van der Waals surface area contributed by atoms with Crippen molar-refractivity contribution in [3.05, 3.63) is 0 Å². The Hall–Kier alpha value is -1.79. The van der Waals surface area contributed by atoms with Gasteiger partial charge in [-0.15, -0.1) is 0 Å². The first-order valence-electron chi connectivity index (χ1n) is 6.56. The Balaban J connectivity index is 4.79. The van der Waals surface area contributed by atoms with Gasteiger partial charge in [-0.05, 0) is 18.3 Å². The summed E-state index contributed by atoms with van der Waals surface area (Å²) >= 11 is 0. The maximum atomic E-state index is 12.1.